The largest absolute Gasteiger partial charge is 0.369 e. The molecule has 1 aliphatic heterocycles. The van der Waals surface area contributed by atoms with E-state index in [1.165, 1.54) is 0 Å². The molecule has 1 aliphatic rings. The van der Waals surface area contributed by atoms with Crippen LogP contribution in [0.2, 0.25) is 0 Å². The third-order valence-electron chi connectivity index (χ3n) is 6.24. The first-order valence-corrected chi connectivity index (χ1v) is 10.9. The van der Waals surface area contributed by atoms with Crippen LogP contribution >= 0.6 is 0 Å². The lowest BCUT2D eigenvalue weighted by Crippen LogP contribution is -2.38. The maximum Gasteiger partial charge on any atom is 0.232 e. The monoisotopic (exact) mass is 407 g/mol. The van der Waals surface area contributed by atoms with Crippen LogP contribution < -0.4 is 11.1 Å². The van der Waals surface area contributed by atoms with Gasteiger partial charge < -0.3 is 11.1 Å². The van der Waals surface area contributed by atoms with E-state index in [1.54, 1.807) is 0 Å². The first-order valence-electron chi connectivity index (χ1n) is 10.9. The second kappa shape index (κ2) is 10.4. The molecule has 0 bridgehead atoms. The van der Waals surface area contributed by atoms with Gasteiger partial charge in [-0.3, -0.25) is 14.5 Å². The molecule has 2 atom stereocenters. The van der Waals surface area contributed by atoms with Crippen molar-refractivity contribution in [1.29, 1.82) is 0 Å². The van der Waals surface area contributed by atoms with Crippen molar-refractivity contribution in [2.75, 3.05) is 18.4 Å². The van der Waals surface area contributed by atoms with Crippen LogP contribution in [0.5, 0.6) is 0 Å². The summed E-state index contributed by atoms with van der Waals surface area (Å²) in [6.45, 7) is 6.80. The van der Waals surface area contributed by atoms with E-state index >= 15 is 0 Å². The summed E-state index contributed by atoms with van der Waals surface area (Å²) >= 11 is 0. The summed E-state index contributed by atoms with van der Waals surface area (Å²) in [5, 5.41) is 3.14. The Kier molecular flexibility index (Phi) is 7.63. The van der Waals surface area contributed by atoms with Crippen LogP contribution in [0, 0.1) is 11.8 Å². The van der Waals surface area contributed by atoms with Gasteiger partial charge in [0.25, 0.3) is 0 Å². The number of carbonyl (C=O) groups is 2. The second-order valence-corrected chi connectivity index (χ2v) is 8.42. The first-order chi connectivity index (χ1) is 14.5. The molecule has 5 nitrogen and oxygen atoms in total. The number of nitrogens with one attached hydrogen (secondary N) is 1. The molecular formula is C25H33N3O2. The number of anilines is 1. The molecule has 2 aromatic rings. The molecule has 0 aliphatic carbocycles. The molecule has 2 aromatic carbocycles. The summed E-state index contributed by atoms with van der Waals surface area (Å²) in [6, 6.07) is 18.1. The van der Waals surface area contributed by atoms with Crippen molar-refractivity contribution >= 4 is 17.5 Å². The van der Waals surface area contributed by atoms with Crippen molar-refractivity contribution in [1.82, 2.24) is 4.90 Å². The minimum Gasteiger partial charge on any atom is -0.369 e. The van der Waals surface area contributed by atoms with Gasteiger partial charge in [-0.1, -0.05) is 62.7 Å². The van der Waals surface area contributed by atoms with E-state index in [2.05, 4.69) is 36.2 Å². The molecular weight excluding hydrogens is 374 g/mol. The van der Waals surface area contributed by atoms with E-state index in [0.29, 0.717) is 0 Å². The molecule has 5 heteroatoms. The topological polar surface area (TPSA) is 75.4 Å². The molecule has 0 saturated carbocycles. The summed E-state index contributed by atoms with van der Waals surface area (Å²) in [6.07, 6.45) is 2.58. The van der Waals surface area contributed by atoms with Gasteiger partial charge in [0.15, 0.2) is 0 Å². The van der Waals surface area contributed by atoms with Gasteiger partial charge in [-0.2, -0.15) is 0 Å². The van der Waals surface area contributed by atoms with Crippen molar-refractivity contribution in [2.24, 2.45) is 17.6 Å². The number of nitrogens with zero attached hydrogens (tertiary/aromatic N) is 1. The SMILES string of the molecule is CCC(C)C(C(=O)Nc1cccc(CN2CCC(C(N)=O)CC2)c1)c1ccccc1. The number of hydrogen-bond donors (Lipinski definition) is 2. The minimum absolute atomic E-state index is 0.00217. The van der Waals surface area contributed by atoms with E-state index in [1.807, 2.05) is 42.5 Å². The third kappa shape index (κ3) is 5.70. The number of likely N-dealkylation sites (tertiary alicyclic amines) is 1. The Bertz CT molecular complexity index is 844. The van der Waals surface area contributed by atoms with Crippen molar-refractivity contribution in [2.45, 2.75) is 45.6 Å². The lowest BCUT2D eigenvalue weighted by molar-refractivity contribution is -0.123. The predicted octanol–water partition coefficient (Wildman–Crippen LogP) is 4.15. The van der Waals surface area contributed by atoms with Crippen molar-refractivity contribution in [3.05, 3.63) is 65.7 Å². The molecule has 0 spiro atoms. The highest BCUT2D eigenvalue weighted by atomic mass is 16.2. The molecule has 3 rings (SSSR count). The van der Waals surface area contributed by atoms with Crippen LogP contribution in [0.3, 0.4) is 0 Å². The zero-order valence-corrected chi connectivity index (χ0v) is 18.0. The van der Waals surface area contributed by atoms with Gasteiger partial charge in [0.1, 0.15) is 0 Å². The van der Waals surface area contributed by atoms with Crippen LogP contribution in [-0.4, -0.2) is 29.8 Å². The predicted molar refractivity (Wildman–Crippen MR) is 121 cm³/mol. The second-order valence-electron chi connectivity index (χ2n) is 8.42. The summed E-state index contributed by atoms with van der Waals surface area (Å²) in [4.78, 5) is 26.8. The van der Waals surface area contributed by atoms with Crippen molar-refractivity contribution in [3.63, 3.8) is 0 Å². The molecule has 1 heterocycles. The third-order valence-corrected chi connectivity index (χ3v) is 6.24. The van der Waals surface area contributed by atoms with Gasteiger partial charge in [-0.05, 0) is 55.1 Å². The smallest absolute Gasteiger partial charge is 0.232 e. The summed E-state index contributed by atoms with van der Waals surface area (Å²) < 4.78 is 0. The van der Waals surface area contributed by atoms with E-state index < -0.39 is 0 Å². The normalized spacial score (nSPS) is 17.3. The molecule has 0 radical (unpaired) electrons. The van der Waals surface area contributed by atoms with Gasteiger partial charge in [0, 0.05) is 18.2 Å². The van der Waals surface area contributed by atoms with Gasteiger partial charge >= 0.3 is 0 Å². The average Bonchev–Trinajstić information content (AvgIpc) is 2.75. The summed E-state index contributed by atoms with van der Waals surface area (Å²) in [7, 11) is 0. The number of benzene rings is 2. The average molecular weight is 408 g/mol. The Morgan fingerprint density at radius 2 is 1.80 bits per heavy atom. The highest BCUT2D eigenvalue weighted by Gasteiger charge is 2.26. The Morgan fingerprint density at radius 3 is 2.43 bits per heavy atom. The van der Waals surface area contributed by atoms with Gasteiger partial charge in [0.05, 0.1) is 5.92 Å². The zero-order chi connectivity index (χ0) is 21.5. The highest BCUT2D eigenvalue weighted by molar-refractivity contribution is 5.96. The molecule has 2 unspecified atom stereocenters. The maximum absolute atomic E-state index is 13.1. The van der Waals surface area contributed by atoms with Gasteiger partial charge in [-0.15, -0.1) is 0 Å². The minimum atomic E-state index is -0.186. The van der Waals surface area contributed by atoms with Crippen LogP contribution in [0.1, 0.15) is 50.2 Å². The van der Waals surface area contributed by atoms with Crippen LogP contribution in [0.25, 0.3) is 0 Å². The van der Waals surface area contributed by atoms with Crippen LogP contribution in [-0.2, 0) is 16.1 Å². The highest BCUT2D eigenvalue weighted by Crippen LogP contribution is 2.29. The zero-order valence-electron chi connectivity index (χ0n) is 18.0. The van der Waals surface area contributed by atoms with Crippen LogP contribution in [0.4, 0.5) is 5.69 Å². The molecule has 2 amide bonds. The number of piperidine rings is 1. The Hall–Kier alpha value is -2.66. The first kappa shape index (κ1) is 22.0. The number of primary amides is 1. The fourth-order valence-electron chi connectivity index (χ4n) is 4.24. The van der Waals surface area contributed by atoms with E-state index in [4.69, 9.17) is 5.73 Å². The van der Waals surface area contributed by atoms with Crippen LogP contribution in [0.15, 0.2) is 54.6 Å². The summed E-state index contributed by atoms with van der Waals surface area (Å²) in [5.74, 6) is -0.0687. The molecule has 1 saturated heterocycles. The molecule has 30 heavy (non-hydrogen) atoms. The van der Waals surface area contributed by atoms with Crippen molar-refractivity contribution < 1.29 is 9.59 Å². The van der Waals surface area contributed by atoms with Crippen molar-refractivity contribution in [3.8, 4) is 0 Å². The fourth-order valence-corrected chi connectivity index (χ4v) is 4.24. The number of amides is 2. The van der Waals surface area contributed by atoms with Gasteiger partial charge in [-0.25, -0.2) is 0 Å². The Morgan fingerprint density at radius 1 is 1.10 bits per heavy atom. The Labute approximate surface area is 179 Å². The standard InChI is InChI=1S/C25H33N3O2/c1-3-18(2)23(20-9-5-4-6-10-20)25(30)27-22-11-7-8-19(16-22)17-28-14-12-21(13-15-28)24(26)29/h4-11,16,18,21,23H,3,12-15,17H2,1-2H3,(H2,26,29)(H,27,30). The summed E-state index contributed by atoms with van der Waals surface area (Å²) in [5.41, 5.74) is 8.47. The number of carbonyl (C=O) groups excluding carboxylic acids is 2. The molecule has 160 valence electrons. The van der Waals surface area contributed by atoms with E-state index in [9.17, 15) is 9.59 Å². The fraction of sp³-hybridized carbons (Fsp3) is 0.440. The number of rotatable bonds is 8. The lowest BCUT2D eigenvalue weighted by Gasteiger charge is -2.30. The van der Waals surface area contributed by atoms with E-state index in [-0.39, 0.29) is 29.6 Å². The molecule has 3 N–H and O–H groups in total. The van der Waals surface area contributed by atoms with Gasteiger partial charge in [0.2, 0.25) is 11.8 Å². The number of hydrogen-bond acceptors (Lipinski definition) is 3. The lowest BCUT2D eigenvalue weighted by atomic mass is 9.85. The molecule has 0 aromatic heterocycles. The number of nitrogens with two attached hydrogens (primary N) is 1. The Balaban J connectivity index is 1.65. The van der Waals surface area contributed by atoms with E-state index in [0.717, 1.165) is 55.7 Å². The maximum atomic E-state index is 13.1. The quantitative estimate of drug-likeness (QED) is 0.690. The molecule has 1 fully saturated rings.